The summed E-state index contributed by atoms with van der Waals surface area (Å²) in [7, 11) is 0. The Balaban J connectivity index is 1.17. The summed E-state index contributed by atoms with van der Waals surface area (Å²) >= 11 is 0. The number of ether oxygens (including phenoxy) is 3. The van der Waals surface area contributed by atoms with Crippen LogP contribution in [-0.4, -0.2) is 25.5 Å². The predicted molar refractivity (Wildman–Crippen MR) is 132 cm³/mol. The summed E-state index contributed by atoms with van der Waals surface area (Å²) in [6.45, 7) is 0.704. The molecule has 7 heteroatoms. The number of carbonyl (C=O) groups is 1. The number of hydrogen-bond acceptors (Lipinski definition) is 6. The molecule has 170 valence electrons. The van der Waals surface area contributed by atoms with Crippen LogP contribution in [0.3, 0.4) is 0 Å². The van der Waals surface area contributed by atoms with Gasteiger partial charge in [0.1, 0.15) is 12.4 Å². The van der Waals surface area contributed by atoms with Crippen LogP contribution < -0.4 is 25.0 Å². The molecule has 0 saturated heterocycles. The summed E-state index contributed by atoms with van der Waals surface area (Å²) in [5, 5.41) is 9.47. The fourth-order valence-corrected chi connectivity index (χ4v) is 3.69. The van der Waals surface area contributed by atoms with E-state index in [1.807, 2.05) is 48.5 Å². The molecule has 1 aliphatic heterocycles. The Labute approximate surface area is 197 Å². The molecule has 34 heavy (non-hydrogen) atoms. The summed E-state index contributed by atoms with van der Waals surface area (Å²) < 4.78 is 16.7. The third kappa shape index (κ3) is 4.94. The van der Waals surface area contributed by atoms with Gasteiger partial charge in [-0.2, -0.15) is 5.10 Å². The normalized spacial score (nSPS) is 12.1. The zero-order valence-corrected chi connectivity index (χ0v) is 18.4. The van der Waals surface area contributed by atoms with Gasteiger partial charge in [-0.15, -0.1) is 0 Å². The summed E-state index contributed by atoms with van der Waals surface area (Å²) in [5.74, 6) is 1.76. The third-order valence-corrected chi connectivity index (χ3v) is 5.40. The average Bonchev–Trinajstić information content (AvgIpc) is 3.35. The highest BCUT2D eigenvalue weighted by Crippen LogP contribution is 2.34. The van der Waals surface area contributed by atoms with Crippen molar-refractivity contribution in [2.24, 2.45) is 5.10 Å². The first-order valence-electron chi connectivity index (χ1n) is 10.9. The van der Waals surface area contributed by atoms with Gasteiger partial charge in [-0.25, -0.2) is 5.43 Å². The van der Waals surface area contributed by atoms with Crippen LogP contribution in [-0.2, 0) is 11.4 Å². The molecule has 0 atom stereocenters. The predicted octanol–water partition coefficient (Wildman–Crippen LogP) is 4.71. The molecule has 0 unspecified atom stereocenters. The second-order valence-electron chi connectivity index (χ2n) is 7.68. The Morgan fingerprint density at radius 1 is 0.941 bits per heavy atom. The molecule has 1 aliphatic rings. The van der Waals surface area contributed by atoms with E-state index in [2.05, 4.69) is 40.1 Å². The van der Waals surface area contributed by atoms with Crippen LogP contribution in [0.2, 0.25) is 0 Å². The molecular formula is C27H23N3O4. The molecule has 5 rings (SSSR count). The van der Waals surface area contributed by atoms with E-state index >= 15 is 0 Å². The SMILES string of the molecule is O=C(CNc1ccc2c(c1)OCO2)N/N=C\c1ccccc1OCc1cccc2ccccc12. The number of anilines is 1. The molecule has 4 aromatic carbocycles. The van der Waals surface area contributed by atoms with Gasteiger partial charge in [0.2, 0.25) is 6.79 Å². The lowest BCUT2D eigenvalue weighted by Crippen LogP contribution is -2.25. The summed E-state index contributed by atoms with van der Waals surface area (Å²) in [6.07, 6.45) is 1.58. The maximum Gasteiger partial charge on any atom is 0.259 e. The molecule has 0 aromatic heterocycles. The molecule has 1 heterocycles. The molecular weight excluding hydrogens is 430 g/mol. The number of carbonyl (C=O) groups excluding carboxylic acids is 1. The second-order valence-corrected chi connectivity index (χ2v) is 7.68. The Hall–Kier alpha value is -4.52. The number of rotatable bonds is 8. The summed E-state index contributed by atoms with van der Waals surface area (Å²) in [6, 6.07) is 27.4. The lowest BCUT2D eigenvalue weighted by molar-refractivity contribution is -0.119. The van der Waals surface area contributed by atoms with Crippen LogP contribution in [0.1, 0.15) is 11.1 Å². The van der Waals surface area contributed by atoms with E-state index in [9.17, 15) is 4.79 Å². The summed E-state index contributed by atoms with van der Waals surface area (Å²) in [5.41, 5.74) is 5.17. The number of para-hydroxylation sites is 1. The molecule has 0 fully saturated rings. The van der Waals surface area contributed by atoms with Gasteiger partial charge in [-0.1, -0.05) is 54.6 Å². The van der Waals surface area contributed by atoms with Crippen molar-refractivity contribution in [2.75, 3.05) is 18.7 Å². The van der Waals surface area contributed by atoms with E-state index in [-0.39, 0.29) is 19.2 Å². The van der Waals surface area contributed by atoms with Gasteiger partial charge in [0.05, 0.1) is 12.8 Å². The standard InChI is InChI=1S/C27H23N3O4/c31-27(16-28-22-12-13-25-26(14-22)34-18-33-25)30-29-15-20-7-2-4-11-24(20)32-17-21-9-5-8-19-6-1-3-10-23(19)21/h1-15,28H,16-18H2,(H,30,31)/b29-15-. The maximum atomic E-state index is 12.2. The minimum atomic E-state index is -0.275. The van der Waals surface area contributed by atoms with Crippen molar-refractivity contribution in [3.05, 3.63) is 96.1 Å². The molecule has 0 spiro atoms. The van der Waals surface area contributed by atoms with Gasteiger partial charge in [0, 0.05) is 17.3 Å². The quantitative estimate of drug-likeness (QED) is 0.298. The Morgan fingerprint density at radius 2 is 1.76 bits per heavy atom. The van der Waals surface area contributed by atoms with Crippen molar-refractivity contribution >= 4 is 28.6 Å². The molecule has 0 saturated carbocycles. The number of hydrazone groups is 1. The molecule has 0 bridgehead atoms. The number of nitrogens with zero attached hydrogens (tertiary/aromatic N) is 1. The molecule has 0 aliphatic carbocycles. The first-order chi connectivity index (χ1) is 16.8. The highest BCUT2D eigenvalue weighted by Gasteiger charge is 2.13. The van der Waals surface area contributed by atoms with Gasteiger partial charge in [0.25, 0.3) is 5.91 Å². The second kappa shape index (κ2) is 9.95. The van der Waals surface area contributed by atoms with E-state index < -0.39 is 0 Å². The number of hydrogen-bond donors (Lipinski definition) is 2. The minimum absolute atomic E-state index is 0.0657. The number of benzene rings is 4. The fourth-order valence-electron chi connectivity index (χ4n) is 3.69. The molecule has 4 aromatic rings. The Bertz CT molecular complexity index is 1350. The molecule has 0 radical (unpaired) electrons. The number of fused-ring (bicyclic) bond motifs is 2. The van der Waals surface area contributed by atoms with E-state index in [1.54, 1.807) is 18.3 Å². The Morgan fingerprint density at radius 3 is 2.74 bits per heavy atom. The van der Waals surface area contributed by atoms with Crippen LogP contribution in [0.4, 0.5) is 5.69 Å². The highest BCUT2D eigenvalue weighted by molar-refractivity contribution is 5.87. The molecule has 1 amide bonds. The first kappa shape index (κ1) is 21.3. The van der Waals surface area contributed by atoms with Crippen molar-refractivity contribution in [3.63, 3.8) is 0 Å². The van der Waals surface area contributed by atoms with Crippen LogP contribution in [0.15, 0.2) is 90.0 Å². The van der Waals surface area contributed by atoms with Crippen molar-refractivity contribution in [1.82, 2.24) is 5.43 Å². The van der Waals surface area contributed by atoms with Crippen molar-refractivity contribution in [2.45, 2.75) is 6.61 Å². The van der Waals surface area contributed by atoms with Crippen molar-refractivity contribution < 1.29 is 19.0 Å². The van der Waals surface area contributed by atoms with Gasteiger partial charge >= 0.3 is 0 Å². The van der Waals surface area contributed by atoms with Gasteiger partial charge in [0.15, 0.2) is 11.5 Å². The van der Waals surface area contributed by atoms with Gasteiger partial charge in [-0.05, 0) is 40.6 Å². The van der Waals surface area contributed by atoms with E-state index in [4.69, 9.17) is 14.2 Å². The van der Waals surface area contributed by atoms with E-state index in [0.717, 1.165) is 16.8 Å². The minimum Gasteiger partial charge on any atom is -0.488 e. The Kier molecular flexibility index (Phi) is 6.25. The number of amides is 1. The lowest BCUT2D eigenvalue weighted by atomic mass is 10.1. The maximum absolute atomic E-state index is 12.2. The van der Waals surface area contributed by atoms with Crippen LogP contribution in [0.25, 0.3) is 10.8 Å². The van der Waals surface area contributed by atoms with Crippen LogP contribution in [0.5, 0.6) is 17.2 Å². The molecule has 7 nitrogen and oxygen atoms in total. The van der Waals surface area contributed by atoms with Crippen molar-refractivity contribution in [3.8, 4) is 17.2 Å². The van der Waals surface area contributed by atoms with Crippen LogP contribution in [0, 0.1) is 0 Å². The smallest absolute Gasteiger partial charge is 0.259 e. The van der Waals surface area contributed by atoms with Crippen molar-refractivity contribution in [1.29, 1.82) is 0 Å². The van der Waals surface area contributed by atoms with Crippen LogP contribution >= 0.6 is 0 Å². The monoisotopic (exact) mass is 453 g/mol. The zero-order valence-electron chi connectivity index (χ0n) is 18.4. The highest BCUT2D eigenvalue weighted by atomic mass is 16.7. The first-order valence-corrected chi connectivity index (χ1v) is 10.9. The fraction of sp³-hybridized carbons (Fsp3) is 0.111. The van der Waals surface area contributed by atoms with Gasteiger partial charge in [-0.3, -0.25) is 4.79 Å². The topological polar surface area (TPSA) is 81.2 Å². The lowest BCUT2D eigenvalue weighted by Gasteiger charge is -2.11. The third-order valence-electron chi connectivity index (χ3n) is 5.40. The van der Waals surface area contributed by atoms with E-state index in [1.165, 1.54) is 10.8 Å². The van der Waals surface area contributed by atoms with E-state index in [0.29, 0.717) is 23.9 Å². The zero-order chi connectivity index (χ0) is 23.2. The van der Waals surface area contributed by atoms with Gasteiger partial charge < -0.3 is 19.5 Å². The molecule has 2 N–H and O–H groups in total. The summed E-state index contributed by atoms with van der Waals surface area (Å²) in [4.78, 5) is 12.2. The number of nitrogens with one attached hydrogen (secondary N) is 2. The largest absolute Gasteiger partial charge is 0.488 e. The average molecular weight is 453 g/mol.